The van der Waals surface area contributed by atoms with Gasteiger partial charge in [-0.1, -0.05) is 48.5 Å². The van der Waals surface area contributed by atoms with E-state index in [1.807, 2.05) is 48.2 Å². The first-order chi connectivity index (χ1) is 15.1. The van der Waals surface area contributed by atoms with E-state index in [9.17, 15) is 4.79 Å². The van der Waals surface area contributed by atoms with Gasteiger partial charge in [-0.15, -0.1) is 11.8 Å². The van der Waals surface area contributed by atoms with Crippen LogP contribution in [0.3, 0.4) is 0 Å². The van der Waals surface area contributed by atoms with Crippen LogP contribution in [-0.4, -0.2) is 52.7 Å². The lowest BCUT2D eigenvalue weighted by molar-refractivity contribution is -0.128. The van der Waals surface area contributed by atoms with Crippen LogP contribution in [0.5, 0.6) is 0 Å². The van der Waals surface area contributed by atoms with Crippen molar-refractivity contribution in [3.63, 3.8) is 0 Å². The molecule has 1 aliphatic rings. The first-order valence-electron chi connectivity index (χ1n) is 10.7. The van der Waals surface area contributed by atoms with E-state index in [1.165, 1.54) is 11.1 Å². The quantitative estimate of drug-likeness (QED) is 0.548. The van der Waals surface area contributed by atoms with Crippen LogP contribution in [0.2, 0.25) is 0 Å². The third kappa shape index (κ3) is 5.44. The van der Waals surface area contributed by atoms with Gasteiger partial charge >= 0.3 is 0 Å². The largest absolute Gasteiger partial charge is 0.353 e. The van der Waals surface area contributed by atoms with Gasteiger partial charge in [-0.3, -0.25) is 4.79 Å². The third-order valence-electron chi connectivity index (χ3n) is 5.57. The highest BCUT2D eigenvalue weighted by Crippen LogP contribution is 2.25. The standard InChI is InChI=1S/C25H28N4OS/c1-19-23(17-21-9-5-3-6-10-21)25(27-20(2)26-19)29-15-13-28(14-16-29)24(30)18-31-22-11-7-4-8-12-22/h3-12H,13-18H2,1-2H3. The molecule has 1 fully saturated rings. The van der Waals surface area contributed by atoms with E-state index < -0.39 is 0 Å². The molecular weight excluding hydrogens is 404 g/mol. The number of aryl methyl sites for hydroxylation is 2. The summed E-state index contributed by atoms with van der Waals surface area (Å²) in [5.41, 5.74) is 3.46. The second-order valence-electron chi connectivity index (χ2n) is 7.79. The van der Waals surface area contributed by atoms with Gasteiger partial charge in [0.15, 0.2) is 0 Å². The van der Waals surface area contributed by atoms with Crippen molar-refractivity contribution >= 4 is 23.5 Å². The zero-order valence-electron chi connectivity index (χ0n) is 18.1. The molecule has 4 rings (SSSR count). The summed E-state index contributed by atoms with van der Waals surface area (Å²) < 4.78 is 0. The number of carbonyl (C=O) groups is 1. The summed E-state index contributed by atoms with van der Waals surface area (Å²) >= 11 is 1.60. The molecule has 2 aromatic carbocycles. The molecule has 160 valence electrons. The number of thioether (sulfide) groups is 1. The minimum absolute atomic E-state index is 0.202. The molecular formula is C25H28N4OS. The monoisotopic (exact) mass is 432 g/mol. The summed E-state index contributed by atoms with van der Waals surface area (Å²) in [7, 11) is 0. The molecule has 1 aliphatic heterocycles. The number of hydrogen-bond donors (Lipinski definition) is 0. The van der Waals surface area contributed by atoms with Crippen molar-refractivity contribution in [3.05, 3.63) is 83.3 Å². The number of aromatic nitrogens is 2. The molecule has 1 amide bonds. The molecule has 0 spiro atoms. The number of anilines is 1. The molecule has 0 N–H and O–H groups in total. The fourth-order valence-electron chi connectivity index (χ4n) is 3.91. The Bertz CT molecular complexity index is 1020. The summed E-state index contributed by atoms with van der Waals surface area (Å²) in [6.45, 7) is 7.04. The summed E-state index contributed by atoms with van der Waals surface area (Å²) in [4.78, 5) is 27.5. The van der Waals surface area contributed by atoms with Crippen LogP contribution in [0.25, 0.3) is 0 Å². The summed E-state index contributed by atoms with van der Waals surface area (Å²) in [5, 5.41) is 0. The Morgan fingerprint density at radius 1 is 0.903 bits per heavy atom. The lowest BCUT2D eigenvalue weighted by Gasteiger charge is -2.36. The SMILES string of the molecule is Cc1nc(C)c(Cc2ccccc2)c(N2CCN(C(=O)CSc3ccccc3)CC2)n1. The third-order valence-corrected chi connectivity index (χ3v) is 6.56. The Kier molecular flexibility index (Phi) is 6.87. The average molecular weight is 433 g/mol. The Morgan fingerprint density at radius 3 is 2.23 bits per heavy atom. The highest BCUT2D eigenvalue weighted by molar-refractivity contribution is 8.00. The van der Waals surface area contributed by atoms with Crippen molar-refractivity contribution in [2.45, 2.75) is 25.2 Å². The predicted molar refractivity (Wildman–Crippen MR) is 127 cm³/mol. The first kappa shape index (κ1) is 21.4. The molecule has 0 saturated carbocycles. The van der Waals surface area contributed by atoms with Crippen molar-refractivity contribution in [2.24, 2.45) is 0 Å². The lowest BCUT2D eigenvalue weighted by Crippen LogP contribution is -2.50. The second kappa shape index (κ2) is 9.96. The Hall–Kier alpha value is -2.86. The van der Waals surface area contributed by atoms with Gasteiger partial charge in [0.25, 0.3) is 0 Å². The Morgan fingerprint density at radius 2 is 1.55 bits per heavy atom. The first-order valence-corrected chi connectivity index (χ1v) is 11.7. The van der Waals surface area contributed by atoms with Gasteiger partial charge in [-0.2, -0.15) is 0 Å². The molecule has 0 atom stereocenters. The minimum Gasteiger partial charge on any atom is -0.353 e. The van der Waals surface area contributed by atoms with Gasteiger partial charge < -0.3 is 9.80 Å². The van der Waals surface area contributed by atoms with E-state index in [4.69, 9.17) is 4.98 Å². The fraction of sp³-hybridized carbons (Fsp3) is 0.320. The normalized spacial score (nSPS) is 14.0. The van der Waals surface area contributed by atoms with Crippen molar-refractivity contribution in [3.8, 4) is 0 Å². The Balaban J connectivity index is 1.42. The number of carbonyl (C=O) groups excluding carboxylic acids is 1. The summed E-state index contributed by atoms with van der Waals surface area (Å²) in [6, 6.07) is 20.5. The smallest absolute Gasteiger partial charge is 0.233 e. The van der Waals surface area contributed by atoms with Gasteiger partial charge in [-0.05, 0) is 31.5 Å². The van der Waals surface area contributed by atoms with Crippen LogP contribution in [0.4, 0.5) is 5.82 Å². The number of benzene rings is 2. The number of nitrogens with zero attached hydrogens (tertiary/aromatic N) is 4. The van der Waals surface area contributed by atoms with Crippen LogP contribution in [0.15, 0.2) is 65.6 Å². The second-order valence-corrected chi connectivity index (χ2v) is 8.84. The number of rotatable bonds is 6. The molecule has 0 radical (unpaired) electrons. The van der Waals surface area contributed by atoms with E-state index in [0.29, 0.717) is 5.75 Å². The van der Waals surface area contributed by atoms with E-state index in [0.717, 1.165) is 54.8 Å². The molecule has 0 aliphatic carbocycles. The van der Waals surface area contributed by atoms with Crippen LogP contribution in [0.1, 0.15) is 22.6 Å². The molecule has 0 bridgehead atoms. The zero-order chi connectivity index (χ0) is 21.6. The van der Waals surface area contributed by atoms with Gasteiger partial charge in [-0.25, -0.2) is 9.97 Å². The van der Waals surface area contributed by atoms with Gasteiger partial charge in [0.1, 0.15) is 11.6 Å². The van der Waals surface area contributed by atoms with Crippen LogP contribution in [0, 0.1) is 13.8 Å². The van der Waals surface area contributed by atoms with Crippen molar-refractivity contribution < 1.29 is 4.79 Å². The average Bonchev–Trinajstić information content (AvgIpc) is 2.80. The molecule has 1 saturated heterocycles. The summed E-state index contributed by atoms with van der Waals surface area (Å²) in [5.74, 6) is 2.49. The molecule has 0 unspecified atom stereocenters. The maximum absolute atomic E-state index is 12.7. The fourth-order valence-corrected chi connectivity index (χ4v) is 4.73. The van der Waals surface area contributed by atoms with Crippen LogP contribution < -0.4 is 4.90 Å². The minimum atomic E-state index is 0.202. The maximum Gasteiger partial charge on any atom is 0.233 e. The number of amides is 1. The summed E-state index contributed by atoms with van der Waals surface area (Å²) in [6.07, 6.45) is 0.815. The molecule has 3 aromatic rings. The zero-order valence-corrected chi connectivity index (χ0v) is 18.9. The van der Waals surface area contributed by atoms with E-state index in [1.54, 1.807) is 11.8 Å². The van der Waals surface area contributed by atoms with Crippen molar-refractivity contribution in [1.29, 1.82) is 0 Å². The van der Waals surface area contributed by atoms with Gasteiger partial charge in [0.2, 0.25) is 5.91 Å². The van der Waals surface area contributed by atoms with Crippen LogP contribution >= 0.6 is 11.8 Å². The van der Waals surface area contributed by atoms with Gasteiger partial charge in [0, 0.05) is 48.8 Å². The Labute approximate surface area is 188 Å². The highest BCUT2D eigenvalue weighted by atomic mass is 32.2. The van der Waals surface area contributed by atoms with Crippen molar-refractivity contribution in [1.82, 2.24) is 14.9 Å². The lowest BCUT2D eigenvalue weighted by atomic mass is 10.0. The molecule has 31 heavy (non-hydrogen) atoms. The molecule has 5 nitrogen and oxygen atoms in total. The van der Waals surface area contributed by atoms with Crippen molar-refractivity contribution in [2.75, 3.05) is 36.8 Å². The topological polar surface area (TPSA) is 49.3 Å². The molecule has 6 heteroatoms. The molecule has 2 heterocycles. The number of hydrogen-bond acceptors (Lipinski definition) is 5. The van der Waals surface area contributed by atoms with E-state index in [2.05, 4.69) is 41.1 Å². The highest BCUT2D eigenvalue weighted by Gasteiger charge is 2.24. The predicted octanol–water partition coefficient (Wildman–Crippen LogP) is 4.13. The molecule has 1 aromatic heterocycles. The van der Waals surface area contributed by atoms with Crippen LogP contribution in [-0.2, 0) is 11.2 Å². The van der Waals surface area contributed by atoms with E-state index >= 15 is 0 Å². The number of piperazine rings is 1. The van der Waals surface area contributed by atoms with E-state index in [-0.39, 0.29) is 5.91 Å². The van der Waals surface area contributed by atoms with Gasteiger partial charge in [0.05, 0.1) is 5.75 Å². The maximum atomic E-state index is 12.7.